The highest BCUT2D eigenvalue weighted by Gasteiger charge is 2.54. The van der Waals surface area contributed by atoms with Gasteiger partial charge in [-0.2, -0.15) is 0 Å². The van der Waals surface area contributed by atoms with Crippen molar-refractivity contribution < 1.29 is 4.42 Å². The van der Waals surface area contributed by atoms with Crippen LogP contribution in [0.5, 0.6) is 0 Å². The van der Waals surface area contributed by atoms with Gasteiger partial charge in [-0.3, -0.25) is 4.98 Å². The van der Waals surface area contributed by atoms with Crippen LogP contribution in [0.25, 0.3) is 44.2 Å². The molecule has 0 fully saturated rings. The molecule has 166 valence electrons. The summed E-state index contributed by atoms with van der Waals surface area (Å²) in [5.74, 6) is 0. The van der Waals surface area contributed by atoms with E-state index in [1.807, 2.05) is 6.20 Å². The summed E-state index contributed by atoms with van der Waals surface area (Å²) >= 11 is 0. The molecule has 35 heavy (non-hydrogen) atoms. The number of rotatable bonds is 0. The van der Waals surface area contributed by atoms with E-state index in [2.05, 4.69) is 99.6 Å². The first kappa shape index (κ1) is 19.2. The zero-order valence-electron chi connectivity index (χ0n) is 19.9. The number of pyridine rings is 1. The number of aromatic nitrogens is 1. The van der Waals surface area contributed by atoms with Crippen molar-refractivity contribution in [2.75, 3.05) is 0 Å². The van der Waals surface area contributed by atoms with Crippen LogP contribution in [0.4, 0.5) is 0 Å². The SMILES string of the molecule is Cc1cnc2c(c1)-c1ccccc1C21c2cc(C)ccc2-c2c1cc(C)c1c2oc2ccccc21. The van der Waals surface area contributed by atoms with Crippen LogP contribution in [0.2, 0.25) is 0 Å². The van der Waals surface area contributed by atoms with Gasteiger partial charge in [-0.15, -0.1) is 0 Å². The Bertz CT molecular complexity index is 1890. The summed E-state index contributed by atoms with van der Waals surface area (Å²) in [6.45, 7) is 6.53. The lowest BCUT2D eigenvalue weighted by molar-refractivity contribution is 0.668. The summed E-state index contributed by atoms with van der Waals surface area (Å²) in [5, 5.41) is 2.39. The van der Waals surface area contributed by atoms with Crippen LogP contribution < -0.4 is 0 Å². The Balaban J connectivity index is 1.64. The van der Waals surface area contributed by atoms with Crippen molar-refractivity contribution >= 4 is 21.9 Å². The van der Waals surface area contributed by atoms with Crippen LogP contribution in [-0.2, 0) is 5.41 Å². The van der Waals surface area contributed by atoms with Crippen molar-refractivity contribution in [3.8, 4) is 22.3 Å². The minimum Gasteiger partial charge on any atom is -0.455 e. The summed E-state index contributed by atoms with van der Waals surface area (Å²) in [5.41, 5.74) is 15.2. The lowest BCUT2D eigenvalue weighted by atomic mass is 9.72. The van der Waals surface area contributed by atoms with Crippen LogP contribution in [0.1, 0.15) is 39.1 Å². The summed E-state index contributed by atoms with van der Waals surface area (Å²) in [7, 11) is 0. The van der Waals surface area contributed by atoms with Crippen molar-refractivity contribution in [3.05, 3.63) is 124 Å². The number of benzene rings is 4. The van der Waals surface area contributed by atoms with Gasteiger partial charge in [0.25, 0.3) is 0 Å². The fourth-order valence-electron chi connectivity index (χ4n) is 6.78. The molecule has 1 spiro atoms. The number of furan rings is 1. The molecule has 0 bridgehead atoms. The molecule has 2 aliphatic carbocycles. The van der Waals surface area contributed by atoms with Crippen molar-refractivity contribution in [1.29, 1.82) is 0 Å². The molecule has 6 aromatic rings. The summed E-state index contributed by atoms with van der Waals surface area (Å²) in [6, 6.07) is 28.8. The Morgan fingerprint density at radius 1 is 0.686 bits per heavy atom. The fourth-order valence-corrected chi connectivity index (χ4v) is 6.78. The van der Waals surface area contributed by atoms with Crippen LogP contribution >= 0.6 is 0 Å². The molecule has 2 aliphatic rings. The van der Waals surface area contributed by atoms with E-state index >= 15 is 0 Å². The van der Waals surface area contributed by atoms with Gasteiger partial charge in [0.2, 0.25) is 0 Å². The predicted molar refractivity (Wildman–Crippen MR) is 142 cm³/mol. The summed E-state index contributed by atoms with van der Waals surface area (Å²) < 4.78 is 6.64. The Hall–Kier alpha value is -4.17. The molecule has 4 aromatic carbocycles. The molecule has 0 radical (unpaired) electrons. The number of aryl methyl sites for hydroxylation is 3. The molecular weight excluding hydrogens is 426 g/mol. The molecule has 0 amide bonds. The van der Waals surface area contributed by atoms with E-state index in [0.717, 1.165) is 16.9 Å². The Kier molecular flexibility index (Phi) is 3.44. The first-order chi connectivity index (χ1) is 17.1. The molecular formula is C33H23NO. The van der Waals surface area contributed by atoms with E-state index in [1.54, 1.807) is 0 Å². The smallest absolute Gasteiger partial charge is 0.143 e. The van der Waals surface area contributed by atoms with Gasteiger partial charge in [0, 0.05) is 28.1 Å². The van der Waals surface area contributed by atoms with Gasteiger partial charge in [-0.05, 0) is 71.8 Å². The highest BCUT2D eigenvalue weighted by molar-refractivity contribution is 6.14. The Morgan fingerprint density at radius 3 is 2.43 bits per heavy atom. The van der Waals surface area contributed by atoms with Crippen molar-refractivity contribution in [3.63, 3.8) is 0 Å². The standard InChI is InChI=1S/C33H23NO/c1-18-12-13-22-26(15-18)33(25-10-6-4-8-21(25)24-14-19(2)17-34-32(24)33)27-16-20(3)29-23-9-5-7-11-28(23)35-31(29)30(22)27/h4-17H,1-3H3. The van der Waals surface area contributed by atoms with E-state index < -0.39 is 5.41 Å². The highest BCUT2D eigenvalue weighted by Crippen LogP contribution is 2.64. The average molecular weight is 450 g/mol. The van der Waals surface area contributed by atoms with Gasteiger partial charge in [-0.1, -0.05) is 72.3 Å². The monoisotopic (exact) mass is 449 g/mol. The molecule has 2 heterocycles. The van der Waals surface area contributed by atoms with Crippen molar-refractivity contribution in [1.82, 2.24) is 4.98 Å². The third-order valence-corrected chi connectivity index (χ3v) is 8.10. The summed E-state index contributed by atoms with van der Waals surface area (Å²) in [6.07, 6.45) is 2.02. The molecule has 0 N–H and O–H groups in total. The molecule has 0 aliphatic heterocycles. The van der Waals surface area contributed by atoms with E-state index in [-0.39, 0.29) is 0 Å². The minimum atomic E-state index is -0.450. The lowest BCUT2D eigenvalue weighted by Gasteiger charge is -2.29. The van der Waals surface area contributed by atoms with Crippen LogP contribution in [0.3, 0.4) is 0 Å². The second-order valence-corrected chi connectivity index (χ2v) is 10.2. The van der Waals surface area contributed by atoms with Gasteiger partial charge >= 0.3 is 0 Å². The maximum Gasteiger partial charge on any atom is 0.143 e. The minimum absolute atomic E-state index is 0.450. The number of nitrogens with zero attached hydrogens (tertiary/aromatic N) is 1. The lowest BCUT2D eigenvalue weighted by Crippen LogP contribution is -2.27. The number of para-hydroxylation sites is 1. The van der Waals surface area contributed by atoms with E-state index in [1.165, 1.54) is 66.4 Å². The van der Waals surface area contributed by atoms with Gasteiger partial charge in [0.1, 0.15) is 11.2 Å². The second-order valence-electron chi connectivity index (χ2n) is 10.2. The normalized spacial score (nSPS) is 17.1. The topological polar surface area (TPSA) is 26.0 Å². The second kappa shape index (κ2) is 6.28. The van der Waals surface area contributed by atoms with Crippen LogP contribution in [0.15, 0.2) is 89.5 Å². The number of fused-ring (bicyclic) bond motifs is 14. The molecule has 0 saturated carbocycles. The van der Waals surface area contributed by atoms with E-state index in [4.69, 9.17) is 9.40 Å². The van der Waals surface area contributed by atoms with Crippen molar-refractivity contribution in [2.24, 2.45) is 0 Å². The molecule has 0 saturated heterocycles. The van der Waals surface area contributed by atoms with E-state index in [0.29, 0.717) is 0 Å². The Morgan fingerprint density at radius 2 is 1.51 bits per heavy atom. The first-order valence-corrected chi connectivity index (χ1v) is 12.2. The molecule has 2 aromatic heterocycles. The average Bonchev–Trinajstić information content (AvgIpc) is 3.48. The third-order valence-electron chi connectivity index (χ3n) is 8.10. The largest absolute Gasteiger partial charge is 0.455 e. The van der Waals surface area contributed by atoms with Crippen LogP contribution in [0, 0.1) is 20.8 Å². The maximum atomic E-state index is 6.64. The third kappa shape index (κ3) is 2.14. The first-order valence-electron chi connectivity index (χ1n) is 12.2. The zero-order chi connectivity index (χ0) is 23.5. The molecule has 2 heteroatoms. The zero-order valence-corrected chi connectivity index (χ0v) is 19.9. The van der Waals surface area contributed by atoms with E-state index in [9.17, 15) is 0 Å². The van der Waals surface area contributed by atoms with Gasteiger partial charge < -0.3 is 4.42 Å². The van der Waals surface area contributed by atoms with Crippen LogP contribution in [-0.4, -0.2) is 4.98 Å². The highest BCUT2D eigenvalue weighted by atomic mass is 16.3. The molecule has 1 atom stereocenters. The Labute approximate surface area is 203 Å². The number of hydrogen-bond donors (Lipinski definition) is 0. The van der Waals surface area contributed by atoms with Gasteiger partial charge in [0.05, 0.1) is 11.1 Å². The predicted octanol–water partition coefficient (Wildman–Crippen LogP) is 8.25. The van der Waals surface area contributed by atoms with Gasteiger partial charge in [-0.25, -0.2) is 0 Å². The molecule has 2 nitrogen and oxygen atoms in total. The quantitative estimate of drug-likeness (QED) is 0.233. The summed E-state index contributed by atoms with van der Waals surface area (Å²) in [4.78, 5) is 5.16. The maximum absolute atomic E-state index is 6.64. The van der Waals surface area contributed by atoms with Gasteiger partial charge in [0.15, 0.2) is 0 Å². The molecule has 8 rings (SSSR count). The fraction of sp³-hybridized carbons (Fsp3) is 0.121. The number of hydrogen-bond acceptors (Lipinski definition) is 2. The molecule has 1 unspecified atom stereocenters. The van der Waals surface area contributed by atoms with Crippen molar-refractivity contribution in [2.45, 2.75) is 26.2 Å².